The van der Waals surface area contributed by atoms with Crippen LogP contribution in [-0.2, 0) is 14.4 Å². The van der Waals surface area contributed by atoms with Gasteiger partial charge in [-0.2, -0.15) is 0 Å². The van der Waals surface area contributed by atoms with Gasteiger partial charge in [-0.05, 0) is 43.9 Å². The van der Waals surface area contributed by atoms with Crippen LogP contribution in [0.25, 0.3) is 0 Å². The molecule has 154 valence electrons. The van der Waals surface area contributed by atoms with Crippen molar-refractivity contribution in [3.05, 3.63) is 12.2 Å². The Morgan fingerprint density at radius 2 is 1.78 bits per heavy atom. The number of hydrogen-bond acceptors (Lipinski definition) is 3. The number of ketones is 2. The van der Waals surface area contributed by atoms with E-state index in [9.17, 15) is 14.4 Å². The lowest BCUT2D eigenvalue weighted by Crippen LogP contribution is -2.17. The first-order chi connectivity index (χ1) is 13.0. The molecule has 0 aromatic heterocycles. The summed E-state index contributed by atoms with van der Waals surface area (Å²) >= 11 is 0. The fourth-order valence-corrected chi connectivity index (χ4v) is 4.16. The molecule has 1 rings (SSSR count). The summed E-state index contributed by atoms with van der Waals surface area (Å²) in [6, 6.07) is 0. The number of carboxylic acid groups (broad SMARTS) is 1. The summed E-state index contributed by atoms with van der Waals surface area (Å²) < 4.78 is 0. The highest BCUT2D eigenvalue weighted by Gasteiger charge is 2.38. The lowest BCUT2D eigenvalue weighted by Gasteiger charge is -2.20. The number of Topliss-reactive ketones (excluding diaryl/α,β-unsaturated/α-hetero) is 2. The third-order valence-corrected chi connectivity index (χ3v) is 5.82. The Bertz CT molecular complexity index is 495. The minimum atomic E-state index is -0.765. The maximum atomic E-state index is 12.3. The lowest BCUT2D eigenvalue weighted by molar-refractivity contribution is -0.137. The Balaban J connectivity index is 2.33. The Labute approximate surface area is 164 Å². The molecule has 0 spiro atoms. The first-order valence-electron chi connectivity index (χ1n) is 10.9. The number of allylic oxidation sites excluding steroid dienone is 2. The van der Waals surface area contributed by atoms with Gasteiger partial charge in [0.1, 0.15) is 11.6 Å². The average Bonchev–Trinajstić information content (AvgIpc) is 2.88. The van der Waals surface area contributed by atoms with Crippen LogP contribution in [-0.4, -0.2) is 22.6 Å². The molecule has 0 bridgehead atoms. The van der Waals surface area contributed by atoms with E-state index in [1.807, 2.05) is 12.2 Å². The largest absolute Gasteiger partial charge is 0.481 e. The quantitative estimate of drug-likeness (QED) is 0.291. The first-order valence-corrected chi connectivity index (χ1v) is 10.9. The Morgan fingerprint density at radius 1 is 1.04 bits per heavy atom. The van der Waals surface area contributed by atoms with E-state index in [1.165, 1.54) is 19.3 Å². The standard InChI is InChI=1S/C23H38O4/c1-3-4-5-6-9-12-19(24)15-16-20-18(2)17-22(25)21(20)13-10-7-8-11-14-23(26)27/h7,10,18,20-21H,3-6,8-9,11-17H2,1-2H3,(H,26,27)/b10-7-/t18-,20-,21-/m1/s1. The zero-order valence-electron chi connectivity index (χ0n) is 17.3. The van der Waals surface area contributed by atoms with Crippen LogP contribution in [0, 0.1) is 17.8 Å². The minimum absolute atomic E-state index is 0.0353. The number of rotatable bonds is 15. The van der Waals surface area contributed by atoms with Gasteiger partial charge in [0.25, 0.3) is 0 Å². The third-order valence-electron chi connectivity index (χ3n) is 5.82. The van der Waals surface area contributed by atoms with Crippen molar-refractivity contribution >= 4 is 17.5 Å². The normalized spacial score (nSPS) is 22.6. The van der Waals surface area contributed by atoms with Crippen LogP contribution >= 0.6 is 0 Å². The number of carboxylic acids is 1. The monoisotopic (exact) mass is 378 g/mol. The Kier molecular flexibility index (Phi) is 12.0. The predicted octanol–water partition coefficient (Wildman–Crippen LogP) is 5.74. The maximum absolute atomic E-state index is 12.3. The molecule has 0 amide bonds. The van der Waals surface area contributed by atoms with Gasteiger partial charge in [-0.25, -0.2) is 0 Å². The van der Waals surface area contributed by atoms with Crippen molar-refractivity contribution in [2.45, 2.75) is 97.3 Å². The Morgan fingerprint density at radius 3 is 2.48 bits per heavy atom. The van der Waals surface area contributed by atoms with E-state index in [0.29, 0.717) is 49.1 Å². The molecule has 1 saturated carbocycles. The van der Waals surface area contributed by atoms with Crippen LogP contribution < -0.4 is 0 Å². The molecule has 1 N–H and O–H groups in total. The molecule has 4 nitrogen and oxygen atoms in total. The van der Waals surface area contributed by atoms with Gasteiger partial charge in [-0.15, -0.1) is 0 Å². The molecular formula is C23H38O4. The molecule has 1 aliphatic carbocycles. The molecule has 0 saturated heterocycles. The number of unbranched alkanes of at least 4 members (excludes halogenated alkanes) is 5. The van der Waals surface area contributed by atoms with E-state index in [0.717, 1.165) is 32.1 Å². The third kappa shape index (κ3) is 9.88. The van der Waals surface area contributed by atoms with E-state index in [1.54, 1.807) is 0 Å². The molecule has 1 fully saturated rings. The summed E-state index contributed by atoms with van der Waals surface area (Å²) in [4.78, 5) is 35.0. The summed E-state index contributed by atoms with van der Waals surface area (Å²) in [5.74, 6) is 0.618. The van der Waals surface area contributed by atoms with E-state index in [2.05, 4.69) is 13.8 Å². The summed E-state index contributed by atoms with van der Waals surface area (Å²) in [5.41, 5.74) is 0. The van der Waals surface area contributed by atoms with Gasteiger partial charge in [0.2, 0.25) is 0 Å². The zero-order chi connectivity index (χ0) is 20.1. The summed E-state index contributed by atoms with van der Waals surface area (Å²) in [6.07, 6.45) is 14.9. The zero-order valence-corrected chi connectivity index (χ0v) is 17.3. The van der Waals surface area contributed by atoms with E-state index < -0.39 is 5.97 Å². The summed E-state index contributed by atoms with van der Waals surface area (Å²) in [7, 11) is 0. The smallest absolute Gasteiger partial charge is 0.303 e. The average molecular weight is 379 g/mol. The highest BCUT2D eigenvalue weighted by Crippen LogP contribution is 2.39. The molecule has 0 unspecified atom stereocenters. The van der Waals surface area contributed by atoms with Crippen molar-refractivity contribution < 1.29 is 19.5 Å². The van der Waals surface area contributed by atoms with Gasteiger partial charge < -0.3 is 5.11 Å². The second-order valence-electron chi connectivity index (χ2n) is 8.15. The molecule has 0 heterocycles. The fraction of sp³-hybridized carbons (Fsp3) is 0.783. The van der Waals surface area contributed by atoms with Gasteiger partial charge in [-0.3, -0.25) is 14.4 Å². The second kappa shape index (κ2) is 13.7. The van der Waals surface area contributed by atoms with Crippen LogP contribution in [0.3, 0.4) is 0 Å². The van der Waals surface area contributed by atoms with E-state index >= 15 is 0 Å². The van der Waals surface area contributed by atoms with Crippen LogP contribution in [0.5, 0.6) is 0 Å². The predicted molar refractivity (Wildman–Crippen MR) is 109 cm³/mol. The molecular weight excluding hydrogens is 340 g/mol. The van der Waals surface area contributed by atoms with Crippen LogP contribution in [0.4, 0.5) is 0 Å². The fourth-order valence-electron chi connectivity index (χ4n) is 4.16. The van der Waals surface area contributed by atoms with Gasteiger partial charge in [0, 0.05) is 31.6 Å². The van der Waals surface area contributed by atoms with Gasteiger partial charge >= 0.3 is 5.97 Å². The number of aliphatic carboxylic acids is 1. The maximum Gasteiger partial charge on any atom is 0.303 e. The van der Waals surface area contributed by atoms with Crippen LogP contribution in [0.1, 0.15) is 97.3 Å². The topological polar surface area (TPSA) is 71.4 Å². The summed E-state index contributed by atoms with van der Waals surface area (Å²) in [5, 5.41) is 8.64. The molecule has 0 aromatic carbocycles. The summed E-state index contributed by atoms with van der Waals surface area (Å²) in [6.45, 7) is 4.32. The van der Waals surface area contributed by atoms with Crippen molar-refractivity contribution in [1.29, 1.82) is 0 Å². The van der Waals surface area contributed by atoms with Gasteiger partial charge in [0.15, 0.2) is 0 Å². The van der Waals surface area contributed by atoms with Crippen molar-refractivity contribution in [3.8, 4) is 0 Å². The van der Waals surface area contributed by atoms with E-state index in [-0.39, 0.29) is 12.3 Å². The molecule has 0 radical (unpaired) electrons. The van der Waals surface area contributed by atoms with Crippen LogP contribution in [0.15, 0.2) is 12.2 Å². The molecule has 0 aliphatic heterocycles. The molecule has 1 aliphatic rings. The Hall–Kier alpha value is -1.45. The van der Waals surface area contributed by atoms with Crippen molar-refractivity contribution in [2.75, 3.05) is 0 Å². The molecule has 27 heavy (non-hydrogen) atoms. The SMILES string of the molecule is CCCCCCCC(=O)CC[C@@H]1[C@H](C)CC(=O)[C@@H]1C/C=C\CCCC(=O)O. The minimum Gasteiger partial charge on any atom is -0.481 e. The number of carbonyl (C=O) groups is 3. The van der Waals surface area contributed by atoms with Crippen molar-refractivity contribution in [2.24, 2.45) is 17.8 Å². The molecule has 3 atom stereocenters. The van der Waals surface area contributed by atoms with Crippen LogP contribution in [0.2, 0.25) is 0 Å². The highest BCUT2D eigenvalue weighted by molar-refractivity contribution is 5.84. The number of hydrogen-bond donors (Lipinski definition) is 1. The highest BCUT2D eigenvalue weighted by atomic mass is 16.4. The first kappa shape index (κ1) is 23.6. The van der Waals surface area contributed by atoms with Gasteiger partial charge in [0.05, 0.1) is 0 Å². The van der Waals surface area contributed by atoms with Crippen molar-refractivity contribution in [1.82, 2.24) is 0 Å². The van der Waals surface area contributed by atoms with Crippen molar-refractivity contribution in [3.63, 3.8) is 0 Å². The molecule has 4 heteroatoms. The second-order valence-corrected chi connectivity index (χ2v) is 8.15. The molecule has 0 aromatic rings. The van der Waals surface area contributed by atoms with E-state index in [4.69, 9.17) is 5.11 Å². The van der Waals surface area contributed by atoms with Gasteiger partial charge in [-0.1, -0.05) is 51.7 Å². The number of carbonyl (C=O) groups excluding carboxylic acids is 2. The lowest BCUT2D eigenvalue weighted by atomic mass is 9.83.